The lowest BCUT2D eigenvalue weighted by Crippen LogP contribution is -2.49. The third-order valence-electron chi connectivity index (χ3n) is 3.09. The van der Waals surface area contributed by atoms with Gasteiger partial charge in [-0.15, -0.1) is 24.0 Å². The molecule has 0 atom stereocenters. The molecule has 0 aliphatic carbocycles. The van der Waals surface area contributed by atoms with E-state index >= 15 is 0 Å². The SMILES string of the molecule is CCN=C(NC1CCN(C(=O)OCC)CC1)N(C)C.I. The smallest absolute Gasteiger partial charge is 0.409 e. The summed E-state index contributed by atoms with van der Waals surface area (Å²) in [5.74, 6) is 0.914. The highest BCUT2D eigenvalue weighted by atomic mass is 127. The van der Waals surface area contributed by atoms with Gasteiger partial charge in [-0.1, -0.05) is 0 Å². The van der Waals surface area contributed by atoms with E-state index in [-0.39, 0.29) is 30.1 Å². The summed E-state index contributed by atoms with van der Waals surface area (Å²) in [5, 5.41) is 3.44. The first-order valence-electron chi connectivity index (χ1n) is 6.98. The van der Waals surface area contributed by atoms with Gasteiger partial charge >= 0.3 is 6.09 Å². The van der Waals surface area contributed by atoms with Crippen LogP contribution in [0.1, 0.15) is 26.7 Å². The minimum Gasteiger partial charge on any atom is -0.450 e. The van der Waals surface area contributed by atoms with Gasteiger partial charge < -0.3 is 19.9 Å². The molecule has 1 rings (SSSR count). The van der Waals surface area contributed by atoms with E-state index in [9.17, 15) is 4.79 Å². The zero-order valence-electron chi connectivity index (χ0n) is 12.9. The Morgan fingerprint density at radius 2 is 1.95 bits per heavy atom. The van der Waals surface area contributed by atoms with Crippen molar-refractivity contribution in [1.82, 2.24) is 15.1 Å². The number of guanidine groups is 1. The first-order valence-corrected chi connectivity index (χ1v) is 6.98. The van der Waals surface area contributed by atoms with Crippen LogP contribution in [0.5, 0.6) is 0 Å². The van der Waals surface area contributed by atoms with E-state index in [4.69, 9.17) is 4.74 Å². The van der Waals surface area contributed by atoms with Crippen LogP contribution in [-0.4, -0.2) is 68.2 Å². The molecular weight excluding hydrogens is 371 g/mol. The summed E-state index contributed by atoms with van der Waals surface area (Å²) in [7, 11) is 3.96. The van der Waals surface area contributed by atoms with Gasteiger partial charge in [0.05, 0.1) is 6.61 Å². The average Bonchev–Trinajstić information content (AvgIpc) is 2.39. The molecule has 1 N–H and O–H groups in total. The summed E-state index contributed by atoms with van der Waals surface area (Å²) >= 11 is 0. The molecule has 0 saturated carbocycles. The maximum absolute atomic E-state index is 11.6. The summed E-state index contributed by atoms with van der Waals surface area (Å²) in [6, 6.07) is 0.373. The van der Waals surface area contributed by atoms with Gasteiger partial charge in [0.2, 0.25) is 0 Å². The monoisotopic (exact) mass is 398 g/mol. The van der Waals surface area contributed by atoms with E-state index in [1.807, 2.05) is 32.8 Å². The van der Waals surface area contributed by atoms with Crippen LogP contribution in [0.2, 0.25) is 0 Å². The molecule has 1 amide bonds. The highest BCUT2D eigenvalue weighted by molar-refractivity contribution is 14.0. The highest BCUT2D eigenvalue weighted by Gasteiger charge is 2.24. The van der Waals surface area contributed by atoms with Gasteiger partial charge in [0.25, 0.3) is 0 Å². The quantitative estimate of drug-likeness (QED) is 0.447. The average molecular weight is 398 g/mol. The van der Waals surface area contributed by atoms with Crippen LogP contribution in [-0.2, 0) is 4.74 Å². The fourth-order valence-corrected chi connectivity index (χ4v) is 2.07. The van der Waals surface area contributed by atoms with Crippen molar-refractivity contribution in [2.24, 2.45) is 4.99 Å². The van der Waals surface area contributed by atoms with E-state index < -0.39 is 0 Å². The van der Waals surface area contributed by atoms with Crippen LogP contribution in [0.25, 0.3) is 0 Å². The van der Waals surface area contributed by atoms with E-state index in [0.29, 0.717) is 12.6 Å². The van der Waals surface area contributed by atoms with Gasteiger partial charge in [0.15, 0.2) is 5.96 Å². The Balaban J connectivity index is 0.00000361. The van der Waals surface area contributed by atoms with Crippen molar-refractivity contribution in [2.45, 2.75) is 32.7 Å². The van der Waals surface area contributed by atoms with Crippen LogP contribution >= 0.6 is 24.0 Å². The lowest BCUT2D eigenvalue weighted by molar-refractivity contribution is 0.0962. The van der Waals surface area contributed by atoms with Crippen molar-refractivity contribution in [1.29, 1.82) is 0 Å². The van der Waals surface area contributed by atoms with Crippen molar-refractivity contribution in [3.8, 4) is 0 Å². The molecule has 1 saturated heterocycles. The Kier molecular flexibility index (Phi) is 9.70. The van der Waals surface area contributed by atoms with Crippen LogP contribution in [0.15, 0.2) is 4.99 Å². The normalized spacial score (nSPS) is 16.4. The zero-order valence-corrected chi connectivity index (χ0v) is 15.2. The maximum Gasteiger partial charge on any atom is 0.409 e. The predicted molar refractivity (Wildman–Crippen MR) is 91.8 cm³/mol. The number of nitrogens with one attached hydrogen (secondary N) is 1. The van der Waals surface area contributed by atoms with E-state index in [2.05, 4.69) is 10.3 Å². The summed E-state index contributed by atoms with van der Waals surface area (Å²) in [6.07, 6.45) is 1.65. The van der Waals surface area contributed by atoms with E-state index in [1.165, 1.54) is 0 Å². The third-order valence-corrected chi connectivity index (χ3v) is 3.09. The third kappa shape index (κ3) is 6.15. The van der Waals surface area contributed by atoms with Gasteiger partial charge in [-0.05, 0) is 26.7 Å². The molecule has 0 spiro atoms. The largest absolute Gasteiger partial charge is 0.450 e. The first kappa shape index (κ1) is 19.3. The number of hydrogen-bond donors (Lipinski definition) is 1. The van der Waals surface area contributed by atoms with Crippen molar-refractivity contribution in [3.05, 3.63) is 0 Å². The summed E-state index contributed by atoms with van der Waals surface area (Å²) in [4.78, 5) is 19.8. The van der Waals surface area contributed by atoms with Crippen molar-refractivity contribution < 1.29 is 9.53 Å². The predicted octanol–water partition coefficient (Wildman–Crippen LogP) is 1.75. The van der Waals surface area contributed by atoms with E-state index in [1.54, 1.807) is 4.90 Å². The second kappa shape index (κ2) is 10.1. The highest BCUT2D eigenvalue weighted by Crippen LogP contribution is 2.11. The first-order chi connectivity index (χ1) is 9.08. The van der Waals surface area contributed by atoms with E-state index in [0.717, 1.165) is 38.4 Å². The molecule has 118 valence electrons. The standard InChI is InChI=1S/C13H26N4O2.HI/c1-5-14-12(16(3)4)15-11-7-9-17(10-8-11)13(18)19-6-2;/h11H,5-10H2,1-4H3,(H,14,15);1H. The number of amides is 1. The number of carbonyl (C=O) groups excluding carboxylic acids is 1. The molecule has 0 radical (unpaired) electrons. The van der Waals surface area contributed by atoms with Crippen LogP contribution in [0.4, 0.5) is 4.79 Å². The topological polar surface area (TPSA) is 57.2 Å². The van der Waals surface area contributed by atoms with Crippen LogP contribution in [0.3, 0.4) is 0 Å². The van der Waals surface area contributed by atoms with Crippen molar-refractivity contribution >= 4 is 36.0 Å². The van der Waals surface area contributed by atoms with Gasteiger partial charge in [-0.25, -0.2) is 4.79 Å². The molecule has 0 aromatic carbocycles. The molecule has 0 aromatic rings. The molecule has 1 fully saturated rings. The number of likely N-dealkylation sites (tertiary alicyclic amines) is 1. The number of aliphatic imine (C=N–C) groups is 1. The van der Waals surface area contributed by atoms with Gasteiger partial charge in [-0.2, -0.15) is 0 Å². The fraction of sp³-hybridized carbons (Fsp3) is 0.846. The van der Waals surface area contributed by atoms with Gasteiger partial charge in [-0.3, -0.25) is 4.99 Å². The molecular formula is C13H27IN4O2. The van der Waals surface area contributed by atoms with Crippen molar-refractivity contribution in [2.75, 3.05) is 40.3 Å². The second-order valence-electron chi connectivity index (χ2n) is 4.80. The molecule has 1 heterocycles. The Morgan fingerprint density at radius 3 is 2.40 bits per heavy atom. The fourth-order valence-electron chi connectivity index (χ4n) is 2.07. The Hall–Kier alpha value is -0.730. The van der Waals surface area contributed by atoms with Gasteiger partial charge in [0, 0.05) is 39.8 Å². The number of halogens is 1. The Labute approximate surface area is 138 Å². The molecule has 7 heteroatoms. The zero-order chi connectivity index (χ0) is 14.3. The summed E-state index contributed by atoms with van der Waals surface area (Å²) < 4.78 is 5.01. The van der Waals surface area contributed by atoms with Crippen molar-refractivity contribution in [3.63, 3.8) is 0 Å². The molecule has 0 unspecified atom stereocenters. The number of hydrogen-bond acceptors (Lipinski definition) is 3. The summed E-state index contributed by atoms with van der Waals surface area (Å²) in [5.41, 5.74) is 0. The molecule has 0 bridgehead atoms. The summed E-state index contributed by atoms with van der Waals surface area (Å²) in [6.45, 7) is 6.53. The Morgan fingerprint density at radius 1 is 1.35 bits per heavy atom. The minimum atomic E-state index is -0.198. The van der Waals surface area contributed by atoms with Crippen LogP contribution < -0.4 is 5.32 Å². The molecule has 20 heavy (non-hydrogen) atoms. The molecule has 0 aromatic heterocycles. The number of ether oxygens (including phenoxy) is 1. The molecule has 6 nitrogen and oxygen atoms in total. The number of rotatable bonds is 3. The second-order valence-corrected chi connectivity index (χ2v) is 4.80. The number of nitrogens with zero attached hydrogens (tertiary/aromatic N) is 3. The maximum atomic E-state index is 11.6. The minimum absolute atomic E-state index is 0. The molecule has 1 aliphatic heterocycles. The van der Waals surface area contributed by atoms with Gasteiger partial charge in [0.1, 0.15) is 0 Å². The van der Waals surface area contributed by atoms with Crippen LogP contribution in [0, 0.1) is 0 Å². The molecule has 1 aliphatic rings. The number of carbonyl (C=O) groups is 1. The Bertz CT molecular complexity index is 315. The lowest BCUT2D eigenvalue weighted by atomic mass is 10.1. The lowest BCUT2D eigenvalue weighted by Gasteiger charge is -2.33. The number of piperidine rings is 1.